The zero-order valence-electron chi connectivity index (χ0n) is 10.7. The van der Waals surface area contributed by atoms with Crippen molar-refractivity contribution in [2.45, 2.75) is 4.90 Å². The van der Waals surface area contributed by atoms with Crippen LogP contribution in [0, 0.1) is 5.41 Å². The second-order valence-corrected chi connectivity index (χ2v) is 6.52. The van der Waals surface area contributed by atoms with Crippen LogP contribution in [0.4, 0.5) is 5.69 Å². The number of hydrogen-bond acceptors (Lipinski definition) is 4. The van der Waals surface area contributed by atoms with Gasteiger partial charge in [0.2, 0.25) is 0 Å². The molecule has 6 heteroatoms. The molecule has 0 bridgehead atoms. The number of benzene rings is 1. The number of anilines is 1. The van der Waals surface area contributed by atoms with Crippen LogP contribution in [-0.4, -0.2) is 16.9 Å². The molecule has 1 N–H and O–H groups in total. The van der Waals surface area contributed by atoms with Gasteiger partial charge in [-0.2, -0.15) is 4.99 Å². The van der Waals surface area contributed by atoms with Crippen LogP contribution in [0.1, 0.15) is 4.88 Å². The number of thiophene rings is 1. The summed E-state index contributed by atoms with van der Waals surface area (Å²) in [6, 6.07) is 11.6. The Hall–Kier alpha value is -2.18. The second kappa shape index (κ2) is 4.68. The van der Waals surface area contributed by atoms with Gasteiger partial charge in [-0.25, -0.2) is 0 Å². The number of hydrogen-bond donors (Lipinski definition) is 1. The third-order valence-electron chi connectivity index (χ3n) is 3.23. The van der Waals surface area contributed by atoms with Gasteiger partial charge < -0.3 is 0 Å². The summed E-state index contributed by atoms with van der Waals surface area (Å²) in [5.74, 6) is -0.157. The summed E-state index contributed by atoms with van der Waals surface area (Å²) in [5.41, 5.74) is 1.24. The Labute approximate surface area is 129 Å². The van der Waals surface area contributed by atoms with E-state index in [2.05, 4.69) is 4.99 Å². The third-order valence-corrected chi connectivity index (χ3v) is 5.08. The highest BCUT2D eigenvalue weighted by Gasteiger charge is 2.37. The Morgan fingerprint density at radius 1 is 1.19 bits per heavy atom. The smallest absolute Gasteiger partial charge is 0.283 e. The summed E-state index contributed by atoms with van der Waals surface area (Å²) in [6.07, 6.45) is 1.74. The standard InChI is InChI=1S/C15H9N3OS2/c16-13-10(8-9-4-3-7-20-9)14(19)17-15-18(13)11-5-1-2-6-12(11)21-15/h1-8,16H. The van der Waals surface area contributed by atoms with Crippen LogP contribution in [0.15, 0.2) is 57.2 Å². The largest absolute Gasteiger partial charge is 0.283 e. The monoisotopic (exact) mass is 311 g/mol. The Morgan fingerprint density at radius 2 is 2.05 bits per heavy atom. The number of rotatable bonds is 1. The molecule has 0 fully saturated rings. The van der Waals surface area contributed by atoms with Gasteiger partial charge in [0.05, 0.1) is 11.3 Å². The number of amides is 1. The predicted molar refractivity (Wildman–Crippen MR) is 87.2 cm³/mol. The first-order valence-electron chi connectivity index (χ1n) is 6.28. The summed E-state index contributed by atoms with van der Waals surface area (Å²) < 4.78 is 0. The Balaban J connectivity index is 1.83. The van der Waals surface area contributed by atoms with Crippen molar-refractivity contribution in [3.05, 3.63) is 52.2 Å². The highest BCUT2D eigenvalue weighted by Crippen LogP contribution is 2.42. The fourth-order valence-corrected chi connectivity index (χ4v) is 3.95. The summed E-state index contributed by atoms with van der Waals surface area (Å²) in [7, 11) is 0. The van der Waals surface area contributed by atoms with Gasteiger partial charge in [0.15, 0.2) is 5.17 Å². The van der Waals surface area contributed by atoms with Crippen LogP contribution >= 0.6 is 23.1 Å². The van der Waals surface area contributed by atoms with Crippen molar-refractivity contribution < 1.29 is 4.79 Å². The number of para-hydroxylation sites is 1. The van der Waals surface area contributed by atoms with E-state index in [1.807, 2.05) is 41.8 Å². The van der Waals surface area contributed by atoms with Crippen molar-refractivity contribution in [1.29, 1.82) is 5.41 Å². The molecule has 1 aromatic carbocycles. The number of thioether (sulfide) groups is 1. The lowest BCUT2D eigenvalue weighted by atomic mass is 10.1. The van der Waals surface area contributed by atoms with Gasteiger partial charge >= 0.3 is 0 Å². The van der Waals surface area contributed by atoms with Crippen molar-refractivity contribution in [1.82, 2.24) is 0 Å². The van der Waals surface area contributed by atoms with E-state index < -0.39 is 0 Å². The molecule has 1 amide bonds. The van der Waals surface area contributed by atoms with E-state index >= 15 is 0 Å². The summed E-state index contributed by atoms with van der Waals surface area (Å²) >= 11 is 2.96. The molecule has 4 nitrogen and oxygen atoms in total. The molecule has 0 spiro atoms. The van der Waals surface area contributed by atoms with Crippen molar-refractivity contribution in [2.24, 2.45) is 4.99 Å². The van der Waals surface area contributed by atoms with E-state index in [9.17, 15) is 4.79 Å². The predicted octanol–water partition coefficient (Wildman–Crippen LogP) is 3.62. The van der Waals surface area contributed by atoms with E-state index in [0.29, 0.717) is 10.7 Å². The van der Waals surface area contributed by atoms with Gasteiger partial charge in [-0.05, 0) is 41.4 Å². The molecule has 0 radical (unpaired) electrons. The van der Waals surface area contributed by atoms with Crippen LogP contribution in [0.3, 0.4) is 0 Å². The third kappa shape index (κ3) is 1.95. The zero-order chi connectivity index (χ0) is 14.4. The fraction of sp³-hybridized carbons (Fsp3) is 0. The molecular formula is C15H9N3OS2. The zero-order valence-corrected chi connectivity index (χ0v) is 12.4. The van der Waals surface area contributed by atoms with Crippen molar-refractivity contribution in [3.8, 4) is 0 Å². The van der Waals surface area contributed by atoms with Crippen LogP contribution < -0.4 is 4.90 Å². The molecule has 2 aliphatic heterocycles. The van der Waals surface area contributed by atoms with Crippen LogP contribution in [0.5, 0.6) is 0 Å². The molecule has 21 heavy (non-hydrogen) atoms. The first kappa shape index (κ1) is 12.6. The van der Waals surface area contributed by atoms with E-state index in [0.717, 1.165) is 15.5 Å². The molecule has 0 saturated heterocycles. The number of carbonyl (C=O) groups is 1. The van der Waals surface area contributed by atoms with Gasteiger partial charge in [-0.3, -0.25) is 15.1 Å². The number of amidine groups is 2. The lowest BCUT2D eigenvalue weighted by molar-refractivity contribution is -0.113. The number of fused-ring (bicyclic) bond motifs is 3. The first-order valence-corrected chi connectivity index (χ1v) is 7.98. The number of nitrogens with zero attached hydrogens (tertiary/aromatic N) is 2. The molecule has 102 valence electrons. The molecule has 0 aliphatic carbocycles. The molecular weight excluding hydrogens is 302 g/mol. The van der Waals surface area contributed by atoms with E-state index in [-0.39, 0.29) is 11.7 Å². The highest BCUT2D eigenvalue weighted by atomic mass is 32.2. The average Bonchev–Trinajstić information content (AvgIpc) is 3.10. The average molecular weight is 311 g/mol. The number of nitrogens with one attached hydrogen (secondary N) is 1. The van der Waals surface area contributed by atoms with Gasteiger partial charge in [0.25, 0.3) is 5.91 Å². The van der Waals surface area contributed by atoms with Crippen LogP contribution in [0.25, 0.3) is 6.08 Å². The van der Waals surface area contributed by atoms with Gasteiger partial charge in [-0.1, -0.05) is 18.2 Å². The quantitative estimate of drug-likeness (QED) is 0.818. The minimum atomic E-state index is -0.347. The topological polar surface area (TPSA) is 56.5 Å². The minimum Gasteiger partial charge on any atom is -0.283 e. The lowest BCUT2D eigenvalue weighted by Crippen LogP contribution is -2.39. The molecule has 0 atom stereocenters. The van der Waals surface area contributed by atoms with Crippen LogP contribution in [-0.2, 0) is 4.79 Å². The van der Waals surface area contributed by atoms with Crippen molar-refractivity contribution in [3.63, 3.8) is 0 Å². The maximum atomic E-state index is 12.2. The molecule has 0 unspecified atom stereocenters. The Kier molecular flexibility index (Phi) is 2.80. The Bertz CT molecular complexity index is 821. The van der Waals surface area contributed by atoms with Crippen LogP contribution in [0.2, 0.25) is 0 Å². The van der Waals surface area contributed by atoms with Gasteiger partial charge in [0.1, 0.15) is 5.84 Å². The van der Waals surface area contributed by atoms with Gasteiger partial charge in [-0.15, -0.1) is 11.3 Å². The van der Waals surface area contributed by atoms with E-state index in [4.69, 9.17) is 5.41 Å². The van der Waals surface area contributed by atoms with E-state index in [1.54, 1.807) is 11.0 Å². The summed E-state index contributed by atoms with van der Waals surface area (Å²) in [5, 5.41) is 10.9. The van der Waals surface area contributed by atoms with Crippen molar-refractivity contribution in [2.75, 3.05) is 4.90 Å². The Morgan fingerprint density at radius 3 is 2.86 bits per heavy atom. The van der Waals surface area contributed by atoms with E-state index in [1.165, 1.54) is 23.1 Å². The lowest BCUT2D eigenvalue weighted by Gasteiger charge is -2.24. The molecule has 2 aromatic rings. The molecule has 3 heterocycles. The fourth-order valence-electron chi connectivity index (χ4n) is 2.28. The molecule has 1 aromatic heterocycles. The van der Waals surface area contributed by atoms with Crippen molar-refractivity contribution >= 4 is 51.8 Å². The highest BCUT2D eigenvalue weighted by molar-refractivity contribution is 8.15. The summed E-state index contributed by atoms with van der Waals surface area (Å²) in [4.78, 5) is 20.0. The second-order valence-electron chi connectivity index (χ2n) is 4.53. The maximum absolute atomic E-state index is 12.2. The molecule has 4 rings (SSSR count). The molecule has 0 saturated carbocycles. The maximum Gasteiger partial charge on any atom is 0.283 e. The number of aliphatic imine (C=N–C) groups is 1. The normalized spacial score (nSPS) is 18.8. The van der Waals surface area contributed by atoms with Gasteiger partial charge in [0, 0.05) is 9.77 Å². The minimum absolute atomic E-state index is 0.191. The molecule has 2 aliphatic rings. The first-order chi connectivity index (χ1) is 10.2. The number of carbonyl (C=O) groups excluding carboxylic acids is 1. The summed E-state index contributed by atoms with van der Waals surface area (Å²) in [6.45, 7) is 0. The SMILES string of the molecule is N=C1C(=Cc2cccs2)C(=O)N=C2Sc3ccccc3N12.